The van der Waals surface area contributed by atoms with E-state index in [1.807, 2.05) is 4.90 Å². The highest BCUT2D eigenvalue weighted by Crippen LogP contribution is 2.05. The van der Waals surface area contributed by atoms with Gasteiger partial charge in [-0.1, -0.05) is 4.32 Å². The molecule has 17 heavy (non-hydrogen) atoms. The Bertz CT molecular complexity index is 176. The monoisotopic (exact) mass is 278 g/mol. The zero-order valence-electron chi connectivity index (χ0n) is 12.5. The molecular formula is C13H30N2S2. The summed E-state index contributed by atoms with van der Waals surface area (Å²) >= 11 is 9.82. The van der Waals surface area contributed by atoms with Gasteiger partial charge in [0.25, 0.3) is 0 Å². The molecule has 2 nitrogen and oxygen atoms in total. The molecule has 0 amide bonds. The van der Waals surface area contributed by atoms with Gasteiger partial charge >= 0.3 is 0 Å². The van der Waals surface area contributed by atoms with Gasteiger partial charge in [0.05, 0.1) is 19.6 Å². The van der Waals surface area contributed by atoms with E-state index in [0.29, 0.717) is 16.4 Å². The first-order chi connectivity index (χ1) is 7.81. The summed E-state index contributed by atoms with van der Waals surface area (Å²) in [4.78, 5) is 3.73. The highest BCUT2D eigenvalue weighted by atomic mass is 32.1. The molecular weight excluding hydrogens is 248 g/mol. The van der Waals surface area contributed by atoms with E-state index in [4.69, 9.17) is 24.8 Å². The molecule has 0 rings (SSSR count). The lowest BCUT2D eigenvalue weighted by molar-refractivity contribution is -0.894. The number of quaternary nitrogens is 1. The van der Waals surface area contributed by atoms with Gasteiger partial charge in [-0.05, 0) is 48.5 Å². The summed E-state index contributed by atoms with van der Waals surface area (Å²) in [6, 6.07) is 0.843. The molecule has 0 saturated heterocycles. The Morgan fingerprint density at radius 3 is 1.29 bits per heavy atom. The van der Waals surface area contributed by atoms with Gasteiger partial charge < -0.3 is 34.6 Å². The van der Waals surface area contributed by atoms with Gasteiger partial charge in [0.2, 0.25) is 0 Å². The summed E-state index contributed by atoms with van der Waals surface area (Å²) in [7, 11) is 0. The van der Waals surface area contributed by atoms with Crippen LogP contribution in [0.1, 0.15) is 48.5 Å². The van der Waals surface area contributed by atoms with Crippen molar-refractivity contribution >= 4 is 29.2 Å². The van der Waals surface area contributed by atoms with Crippen molar-refractivity contribution in [2.75, 3.05) is 19.6 Å². The number of nitrogens with one attached hydrogen (secondary N) is 1. The zero-order chi connectivity index (χ0) is 14.0. The van der Waals surface area contributed by atoms with Crippen LogP contribution in [0.5, 0.6) is 0 Å². The predicted molar refractivity (Wildman–Crippen MR) is 84.7 cm³/mol. The Kier molecular flexibility index (Phi) is 12.8. The molecule has 0 unspecified atom stereocenters. The minimum Gasteiger partial charge on any atom is -0.411 e. The minimum absolute atomic E-state index is 0.421. The molecule has 0 spiro atoms. The second kappa shape index (κ2) is 11.2. The van der Waals surface area contributed by atoms with E-state index in [-0.39, 0.29) is 0 Å². The third-order valence-corrected chi connectivity index (χ3v) is 3.25. The lowest BCUT2D eigenvalue weighted by Crippen LogP contribution is -3.11. The first-order valence-electron chi connectivity index (χ1n) is 6.64. The summed E-state index contributed by atoms with van der Waals surface area (Å²) < 4.78 is 0.574. The lowest BCUT2D eigenvalue weighted by atomic mass is 10.2. The SMILES string of the molecule is CC(C)N(C(=S)[S-])C(C)C.CC[NH+](CC)CC. The molecule has 0 fully saturated rings. The van der Waals surface area contributed by atoms with E-state index in [0.717, 1.165) is 0 Å². The maximum atomic E-state index is 4.91. The molecule has 0 saturated carbocycles. The lowest BCUT2D eigenvalue weighted by Gasteiger charge is -2.36. The van der Waals surface area contributed by atoms with E-state index >= 15 is 0 Å². The van der Waals surface area contributed by atoms with Crippen LogP contribution in [-0.4, -0.2) is 40.9 Å². The standard InChI is InChI=1S/C7H15NS2.C6H15N/c1-5(2)8(6(3)4)7(9)10;1-4-7(5-2)6-3/h5-6H,1-4H3,(H,9,10);4-6H2,1-3H3. The van der Waals surface area contributed by atoms with Crippen LogP contribution in [0.2, 0.25) is 0 Å². The summed E-state index contributed by atoms with van der Waals surface area (Å²) in [5.74, 6) is 0. The molecule has 4 heteroatoms. The van der Waals surface area contributed by atoms with Gasteiger partial charge in [0.15, 0.2) is 0 Å². The van der Waals surface area contributed by atoms with Crippen LogP contribution in [-0.2, 0) is 12.6 Å². The first kappa shape index (κ1) is 19.4. The Hall–Kier alpha value is 0.0700. The fourth-order valence-electron chi connectivity index (χ4n) is 1.77. The van der Waals surface area contributed by atoms with Crippen LogP contribution in [0.15, 0.2) is 0 Å². The van der Waals surface area contributed by atoms with Crippen molar-refractivity contribution in [1.29, 1.82) is 0 Å². The quantitative estimate of drug-likeness (QED) is 0.607. The van der Waals surface area contributed by atoms with E-state index in [9.17, 15) is 0 Å². The summed E-state index contributed by atoms with van der Waals surface area (Å²) in [5.41, 5.74) is 0. The van der Waals surface area contributed by atoms with Gasteiger partial charge in [-0.2, -0.15) is 0 Å². The number of nitrogens with zero attached hydrogens (tertiary/aromatic N) is 1. The third kappa shape index (κ3) is 9.74. The second-order valence-electron chi connectivity index (χ2n) is 4.67. The minimum atomic E-state index is 0.421. The van der Waals surface area contributed by atoms with E-state index < -0.39 is 0 Å². The van der Waals surface area contributed by atoms with Crippen LogP contribution in [0, 0.1) is 0 Å². The Morgan fingerprint density at radius 1 is 1.00 bits per heavy atom. The van der Waals surface area contributed by atoms with Crippen LogP contribution in [0.3, 0.4) is 0 Å². The van der Waals surface area contributed by atoms with Crippen LogP contribution < -0.4 is 4.90 Å². The van der Waals surface area contributed by atoms with Gasteiger partial charge in [0.1, 0.15) is 0 Å². The van der Waals surface area contributed by atoms with Gasteiger partial charge in [-0.15, -0.1) is 0 Å². The van der Waals surface area contributed by atoms with Crippen molar-refractivity contribution in [3.05, 3.63) is 0 Å². The molecule has 0 aliphatic heterocycles. The summed E-state index contributed by atoms with van der Waals surface area (Å²) in [6.45, 7) is 18.9. The summed E-state index contributed by atoms with van der Waals surface area (Å²) in [6.07, 6.45) is 0. The Morgan fingerprint density at radius 2 is 1.29 bits per heavy atom. The molecule has 0 heterocycles. The molecule has 0 aromatic carbocycles. The normalized spacial score (nSPS) is 10.5. The molecule has 0 aliphatic rings. The van der Waals surface area contributed by atoms with E-state index in [2.05, 4.69) is 48.5 Å². The molecule has 0 aliphatic carbocycles. The largest absolute Gasteiger partial charge is 0.411 e. The molecule has 104 valence electrons. The number of hydrogen-bond acceptors (Lipinski definition) is 2. The van der Waals surface area contributed by atoms with Crippen LogP contribution in [0.4, 0.5) is 0 Å². The Balaban J connectivity index is 0. The average molecular weight is 279 g/mol. The Labute approximate surface area is 119 Å². The molecule has 1 N–H and O–H groups in total. The second-order valence-corrected chi connectivity index (χ2v) is 5.70. The summed E-state index contributed by atoms with van der Waals surface area (Å²) in [5, 5.41) is 0. The molecule has 0 radical (unpaired) electrons. The highest BCUT2D eigenvalue weighted by molar-refractivity contribution is 8.00. The third-order valence-electron chi connectivity index (χ3n) is 2.82. The smallest absolute Gasteiger partial charge is 0.0742 e. The van der Waals surface area contributed by atoms with Crippen molar-refractivity contribution in [3.8, 4) is 0 Å². The van der Waals surface area contributed by atoms with Crippen molar-refractivity contribution in [2.45, 2.75) is 60.5 Å². The fraction of sp³-hybridized carbons (Fsp3) is 0.923. The van der Waals surface area contributed by atoms with E-state index in [1.165, 1.54) is 19.6 Å². The van der Waals surface area contributed by atoms with Crippen molar-refractivity contribution in [3.63, 3.8) is 0 Å². The number of thiocarbonyl (C=S) groups is 1. The van der Waals surface area contributed by atoms with Crippen molar-refractivity contribution < 1.29 is 4.90 Å². The van der Waals surface area contributed by atoms with Crippen LogP contribution >= 0.6 is 12.2 Å². The molecule has 0 bridgehead atoms. The fourth-order valence-corrected chi connectivity index (χ4v) is 2.61. The van der Waals surface area contributed by atoms with E-state index in [1.54, 1.807) is 4.90 Å². The molecule has 0 aromatic heterocycles. The van der Waals surface area contributed by atoms with Gasteiger partial charge in [-0.25, -0.2) is 0 Å². The maximum Gasteiger partial charge on any atom is 0.0742 e. The average Bonchev–Trinajstić information content (AvgIpc) is 2.19. The first-order valence-corrected chi connectivity index (χ1v) is 7.46. The van der Waals surface area contributed by atoms with Gasteiger partial charge in [0, 0.05) is 12.1 Å². The number of rotatable bonds is 5. The maximum absolute atomic E-state index is 4.91. The van der Waals surface area contributed by atoms with Crippen molar-refractivity contribution in [1.82, 2.24) is 4.90 Å². The zero-order valence-corrected chi connectivity index (χ0v) is 14.2. The van der Waals surface area contributed by atoms with Crippen molar-refractivity contribution in [2.24, 2.45) is 0 Å². The highest BCUT2D eigenvalue weighted by Gasteiger charge is 2.08. The molecule has 0 atom stereocenters. The van der Waals surface area contributed by atoms with Gasteiger partial charge in [-0.3, -0.25) is 0 Å². The number of hydrogen-bond donors (Lipinski definition) is 1. The topological polar surface area (TPSA) is 7.68 Å². The molecule has 0 aromatic rings. The van der Waals surface area contributed by atoms with Crippen LogP contribution in [0.25, 0.3) is 0 Å². The predicted octanol–water partition coefficient (Wildman–Crippen LogP) is 1.87.